The summed E-state index contributed by atoms with van der Waals surface area (Å²) in [5.41, 5.74) is 3.33. The van der Waals surface area contributed by atoms with Crippen molar-refractivity contribution in [3.63, 3.8) is 0 Å². The van der Waals surface area contributed by atoms with Crippen molar-refractivity contribution >= 4 is 18.1 Å². The molecule has 0 spiro atoms. The number of benzene rings is 2. The summed E-state index contributed by atoms with van der Waals surface area (Å²) < 4.78 is 22.4. The van der Waals surface area contributed by atoms with Crippen molar-refractivity contribution in [1.29, 1.82) is 0 Å². The van der Waals surface area contributed by atoms with Crippen LogP contribution in [-0.4, -0.2) is 44.5 Å². The van der Waals surface area contributed by atoms with E-state index < -0.39 is 18.1 Å². The summed E-state index contributed by atoms with van der Waals surface area (Å²) in [6.45, 7) is 4.59. The predicted octanol–water partition coefficient (Wildman–Crippen LogP) is 3.71. The van der Waals surface area contributed by atoms with Crippen molar-refractivity contribution in [2.45, 2.75) is 44.6 Å². The van der Waals surface area contributed by atoms with Crippen LogP contribution in [0, 0.1) is 0 Å². The molecular formula is C22H34O5Si2. The fourth-order valence-corrected chi connectivity index (χ4v) is 8.10. The monoisotopic (exact) mass is 434 g/mol. The first-order chi connectivity index (χ1) is 13.9. The molecule has 0 aliphatic rings. The van der Waals surface area contributed by atoms with Gasteiger partial charge in [-0.1, -0.05) is 12.1 Å². The molecular weight excluding hydrogens is 400 g/mol. The summed E-state index contributed by atoms with van der Waals surface area (Å²) in [5.74, 6) is 2.29. The third-order valence-corrected chi connectivity index (χ3v) is 11.1. The van der Waals surface area contributed by atoms with Crippen molar-refractivity contribution in [3.05, 3.63) is 53.1 Å². The molecule has 0 bridgehead atoms. The maximum absolute atomic E-state index is 9.50. The van der Waals surface area contributed by atoms with E-state index in [0.717, 1.165) is 47.7 Å². The third kappa shape index (κ3) is 7.19. The Morgan fingerprint density at radius 3 is 2.07 bits per heavy atom. The highest BCUT2D eigenvalue weighted by atomic mass is 28.4. The minimum Gasteiger partial charge on any atom is -0.496 e. The molecule has 0 radical (unpaired) electrons. The van der Waals surface area contributed by atoms with E-state index in [0.29, 0.717) is 0 Å². The van der Waals surface area contributed by atoms with Crippen molar-refractivity contribution in [2.75, 3.05) is 21.3 Å². The van der Waals surface area contributed by atoms with Crippen LogP contribution in [0.25, 0.3) is 0 Å². The molecule has 0 aliphatic heterocycles. The van der Waals surface area contributed by atoms with Gasteiger partial charge in [0.25, 0.3) is 0 Å². The SMILES string of the molecule is COc1ccc(CC[Si](C)(C)O[SiH2]CCc2ccc(OC)c(OC)c2)cc1CO. The molecule has 0 amide bonds. The van der Waals surface area contributed by atoms with Crippen LogP contribution in [0.15, 0.2) is 36.4 Å². The second-order valence-corrected chi connectivity index (χ2v) is 14.0. The molecule has 5 nitrogen and oxygen atoms in total. The summed E-state index contributed by atoms with van der Waals surface area (Å²) in [7, 11) is 2.70. The lowest BCUT2D eigenvalue weighted by atomic mass is 10.1. The van der Waals surface area contributed by atoms with Crippen molar-refractivity contribution < 1.29 is 23.4 Å². The predicted molar refractivity (Wildman–Crippen MR) is 123 cm³/mol. The van der Waals surface area contributed by atoms with E-state index in [4.69, 9.17) is 18.3 Å². The van der Waals surface area contributed by atoms with E-state index >= 15 is 0 Å². The average Bonchev–Trinajstić information content (AvgIpc) is 2.74. The van der Waals surface area contributed by atoms with Gasteiger partial charge in [0.2, 0.25) is 0 Å². The first-order valence-corrected chi connectivity index (χ1v) is 14.7. The zero-order valence-electron chi connectivity index (χ0n) is 18.3. The van der Waals surface area contributed by atoms with Gasteiger partial charge in [0.15, 0.2) is 19.8 Å². The molecule has 0 saturated heterocycles. The lowest BCUT2D eigenvalue weighted by molar-refractivity contribution is 0.273. The number of aliphatic hydroxyl groups excluding tert-OH is 1. The second kappa shape index (κ2) is 11.4. The number of hydrogen-bond acceptors (Lipinski definition) is 5. The fourth-order valence-electron chi connectivity index (χ4n) is 3.29. The zero-order chi connectivity index (χ0) is 21.3. The van der Waals surface area contributed by atoms with E-state index in [9.17, 15) is 5.11 Å². The van der Waals surface area contributed by atoms with Gasteiger partial charge in [0.1, 0.15) is 15.5 Å². The summed E-state index contributed by atoms with van der Waals surface area (Å²) in [5, 5.41) is 9.50. The largest absolute Gasteiger partial charge is 0.496 e. The fraction of sp³-hybridized carbons (Fsp3) is 0.455. The summed E-state index contributed by atoms with van der Waals surface area (Å²) in [6.07, 6.45) is 1.98. The number of aliphatic hydroxyl groups is 1. The number of aryl methyl sites for hydroxylation is 2. The molecule has 0 unspecified atom stereocenters. The Bertz CT molecular complexity index is 780. The molecule has 0 aliphatic carbocycles. The van der Waals surface area contributed by atoms with Crippen LogP contribution in [-0.2, 0) is 23.6 Å². The van der Waals surface area contributed by atoms with Gasteiger partial charge in [-0.05, 0) is 73.4 Å². The third-order valence-electron chi connectivity index (χ3n) is 5.08. The van der Waals surface area contributed by atoms with E-state index in [1.807, 2.05) is 18.2 Å². The Morgan fingerprint density at radius 1 is 0.828 bits per heavy atom. The smallest absolute Gasteiger partial charge is 0.173 e. The number of hydrogen-bond donors (Lipinski definition) is 1. The highest BCUT2D eigenvalue weighted by molar-refractivity contribution is 6.75. The van der Waals surface area contributed by atoms with Gasteiger partial charge in [-0.3, -0.25) is 0 Å². The number of methoxy groups -OCH3 is 3. The van der Waals surface area contributed by atoms with Gasteiger partial charge in [0, 0.05) is 5.56 Å². The topological polar surface area (TPSA) is 57.2 Å². The lowest BCUT2D eigenvalue weighted by Crippen LogP contribution is -2.32. The minimum atomic E-state index is -1.68. The zero-order valence-corrected chi connectivity index (χ0v) is 20.7. The molecule has 29 heavy (non-hydrogen) atoms. The van der Waals surface area contributed by atoms with E-state index in [-0.39, 0.29) is 6.61 Å². The van der Waals surface area contributed by atoms with Crippen LogP contribution < -0.4 is 14.2 Å². The Kier molecular flexibility index (Phi) is 9.22. The maximum atomic E-state index is 9.50. The average molecular weight is 435 g/mol. The quantitative estimate of drug-likeness (QED) is 0.408. The molecule has 160 valence electrons. The standard InChI is InChI=1S/C22H34O5Si2/c1-24-20-8-6-18(14-19(20)16-23)11-13-29(4,5)27-28-12-10-17-7-9-21(25-2)22(15-17)26-3/h6-9,14-15,23H,10-13,16,28H2,1-5H3. The van der Waals surface area contributed by atoms with Gasteiger partial charge < -0.3 is 23.4 Å². The van der Waals surface area contributed by atoms with Crippen molar-refractivity contribution in [1.82, 2.24) is 0 Å². The van der Waals surface area contributed by atoms with Crippen molar-refractivity contribution in [2.24, 2.45) is 0 Å². The van der Waals surface area contributed by atoms with Crippen LogP contribution in [0.3, 0.4) is 0 Å². The van der Waals surface area contributed by atoms with Crippen LogP contribution in [0.4, 0.5) is 0 Å². The molecule has 2 aromatic carbocycles. The highest BCUT2D eigenvalue weighted by Crippen LogP contribution is 2.28. The Labute approximate surface area is 178 Å². The van der Waals surface area contributed by atoms with Crippen molar-refractivity contribution in [3.8, 4) is 17.2 Å². The molecule has 1 N–H and O–H groups in total. The Morgan fingerprint density at radius 2 is 1.45 bits per heavy atom. The molecule has 0 heterocycles. The minimum absolute atomic E-state index is 0.00259. The van der Waals surface area contributed by atoms with Crippen LogP contribution in [0.2, 0.25) is 25.2 Å². The van der Waals surface area contributed by atoms with Crippen LogP contribution in [0.1, 0.15) is 16.7 Å². The summed E-state index contributed by atoms with van der Waals surface area (Å²) >= 11 is 0. The van der Waals surface area contributed by atoms with Gasteiger partial charge >= 0.3 is 0 Å². The molecule has 0 aromatic heterocycles. The van der Waals surface area contributed by atoms with Crippen LogP contribution in [0.5, 0.6) is 17.2 Å². The molecule has 2 aromatic rings. The second-order valence-electron chi connectivity index (χ2n) is 7.71. The molecule has 0 fully saturated rings. The molecule has 0 atom stereocenters. The normalized spacial score (nSPS) is 11.8. The first kappa shape index (κ1) is 23.5. The van der Waals surface area contributed by atoms with Gasteiger partial charge in [-0.2, -0.15) is 0 Å². The summed E-state index contributed by atoms with van der Waals surface area (Å²) in [4.78, 5) is 0. The number of rotatable bonds is 12. The van der Waals surface area contributed by atoms with E-state index in [1.165, 1.54) is 11.1 Å². The Hall–Kier alpha value is -1.81. The van der Waals surface area contributed by atoms with Gasteiger partial charge in [-0.25, -0.2) is 0 Å². The first-order valence-electron chi connectivity index (χ1n) is 10.0. The highest BCUT2D eigenvalue weighted by Gasteiger charge is 2.21. The maximum Gasteiger partial charge on any atom is 0.173 e. The van der Waals surface area contributed by atoms with Gasteiger partial charge in [-0.15, -0.1) is 0 Å². The Balaban J connectivity index is 1.80. The molecule has 7 heteroatoms. The van der Waals surface area contributed by atoms with E-state index in [1.54, 1.807) is 21.3 Å². The molecule has 2 rings (SSSR count). The lowest BCUT2D eigenvalue weighted by Gasteiger charge is -2.23. The molecule has 0 saturated carbocycles. The summed E-state index contributed by atoms with van der Waals surface area (Å²) in [6, 6.07) is 14.4. The number of ether oxygens (including phenoxy) is 3. The van der Waals surface area contributed by atoms with E-state index in [2.05, 4.69) is 31.3 Å². The van der Waals surface area contributed by atoms with Gasteiger partial charge in [0.05, 0.1) is 27.9 Å². The van der Waals surface area contributed by atoms with Crippen LogP contribution >= 0.6 is 0 Å².